The molecule has 1 amide bonds. The monoisotopic (exact) mass is 479 g/mol. The first-order valence-corrected chi connectivity index (χ1v) is 11.9. The van der Waals surface area contributed by atoms with Gasteiger partial charge in [0, 0.05) is 13.0 Å². The second-order valence-electron chi connectivity index (χ2n) is 8.24. The number of imidazole rings is 1. The maximum atomic E-state index is 12.0. The molecule has 13 nitrogen and oxygen atoms in total. The van der Waals surface area contributed by atoms with Gasteiger partial charge in [-0.2, -0.15) is 0 Å². The van der Waals surface area contributed by atoms with Crippen molar-refractivity contribution >= 4 is 23.1 Å². The standard InChI is InChI=1S/C21H37N9O4/c22-5-3-8-24-6-1-2-7-25-9-4-10-26-21(32)33-12-16-15(31)11-17(34-16)30-14-29-18-19(23)27-13-28-20(18)30/h13-17,24-25,31H,1-12,22H2,(H,26,32)(H2,23,27,28). The molecule has 1 saturated heterocycles. The van der Waals surface area contributed by atoms with E-state index >= 15 is 0 Å². The van der Waals surface area contributed by atoms with E-state index in [1.165, 1.54) is 6.33 Å². The van der Waals surface area contributed by atoms with Crippen LogP contribution in [0.15, 0.2) is 12.7 Å². The summed E-state index contributed by atoms with van der Waals surface area (Å²) in [5.74, 6) is 0.278. The summed E-state index contributed by atoms with van der Waals surface area (Å²) in [5, 5.41) is 19.8. The van der Waals surface area contributed by atoms with Crippen molar-refractivity contribution in [2.45, 2.75) is 50.5 Å². The highest BCUT2D eigenvalue weighted by molar-refractivity contribution is 5.81. The Morgan fingerprint density at radius 1 is 1.12 bits per heavy atom. The Morgan fingerprint density at radius 2 is 1.85 bits per heavy atom. The molecule has 0 aromatic carbocycles. The smallest absolute Gasteiger partial charge is 0.407 e. The van der Waals surface area contributed by atoms with Crippen LogP contribution in [-0.4, -0.2) is 88.8 Å². The number of nitrogen functional groups attached to an aromatic ring is 1. The molecule has 1 fully saturated rings. The lowest BCUT2D eigenvalue weighted by Crippen LogP contribution is -2.33. The number of anilines is 1. The first kappa shape index (κ1) is 26.0. The highest BCUT2D eigenvalue weighted by Gasteiger charge is 2.36. The average molecular weight is 480 g/mol. The van der Waals surface area contributed by atoms with Gasteiger partial charge in [-0.15, -0.1) is 0 Å². The summed E-state index contributed by atoms with van der Waals surface area (Å²) in [6.07, 6.45) is 4.82. The molecule has 2 aromatic rings. The minimum atomic E-state index is -0.783. The quantitative estimate of drug-likeness (QED) is 0.180. The summed E-state index contributed by atoms with van der Waals surface area (Å²) >= 11 is 0. The molecule has 190 valence electrons. The predicted octanol–water partition coefficient (Wildman–Crippen LogP) is -0.519. The van der Waals surface area contributed by atoms with Crippen LogP contribution in [0.4, 0.5) is 10.6 Å². The van der Waals surface area contributed by atoms with Crippen molar-refractivity contribution in [2.24, 2.45) is 5.73 Å². The van der Waals surface area contributed by atoms with Gasteiger partial charge in [0.25, 0.3) is 0 Å². The molecular weight excluding hydrogens is 442 g/mol. The van der Waals surface area contributed by atoms with Crippen molar-refractivity contribution in [3.63, 3.8) is 0 Å². The summed E-state index contributed by atoms with van der Waals surface area (Å²) in [7, 11) is 0. The summed E-state index contributed by atoms with van der Waals surface area (Å²) < 4.78 is 12.8. The summed E-state index contributed by atoms with van der Waals surface area (Å²) in [6, 6.07) is 0. The number of carbonyl (C=O) groups excluding carboxylic acids is 1. The van der Waals surface area contributed by atoms with Crippen molar-refractivity contribution in [2.75, 3.05) is 51.6 Å². The normalized spacial score (nSPS) is 20.1. The van der Waals surface area contributed by atoms with E-state index in [0.717, 1.165) is 58.4 Å². The third-order valence-corrected chi connectivity index (χ3v) is 5.59. The Kier molecular flexibility index (Phi) is 10.7. The summed E-state index contributed by atoms with van der Waals surface area (Å²) in [5.41, 5.74) is 12.3. The molecule has 3 heterocycles. The number of ether oxygens (including phenoxy) is 2. The summed E-state index contributed by atoms with van der Waals surface area (Å²) in [6.45, 7) is 4.94. The Bertz CT molecular complexity index is 881. The summed E-state index contributed by atoms with van der Waals surface area (Å²) in [4.78, 5) is 24.3. The second kappa shape index (κ2) is 14.0. The van der Waals surface area contributed by atoms with Crippen LogP contribution in [0.5, 0.6) is 0 Å². The van der Waals surface area contributed by atoms with Crippen LogP contribution in [0.2, 0.25) is 0 Å². The highest BCUT2D eigenvalue weighted by Crippen LogP contribution is 2.31. The number of hydrogen-bond donors (Lipinski definition) is 6. The van der Waals surface area contributed by atoms with Gasteiger partial charge in [0.2, 0.25) is 0 Å². The number of aliphatic hydroxyl groups excluding tert-OH is 1. The van der Waals surface area contributed by atoms with E-state index in [1.807, 2.05) is 0 Å². The Hall–Kier alpha value is -2.58. The molecule has 3 unspecified atom stereocenters. The molecule has 1 aliphatic rings. The van der Waals surface area contributed by atoms with E-state index < -0.39 is 24.5 Å². The van der Waals surface area contributed by atoms with Crippen LogP contribution in [0.25, 0.3) is 11.2 Å². The Morgan fingerprint density at radius 3 is 2.62 bits per heavy atom. The molecule has 3 atom stereocenters. The molecule has 0 spiro atoms. The van der Waals surface area contributed by atoms with Gasteiger partial charge in [-0.05, 0) is 58.4 Å². The minimum absolute atomic E-state index is 0.0508. The maximum absolute atomic E-state index is 12.0. The van der Waals surface area contributed by atoms with Crippen LogP contribution in [0.1, 0.15) is 38.3 Å². The third-order valence-electron chi connectivity index (χ3n) is 5.59. The number of hydrogen-bond acceptors (Lipinski definition) is 11. The van der Waals surface area contributed by atoms with Crippen LogP contribution in [-0.2, 0) is 9.47 Å². The average Bonchev–Trinajstić information content (AvgIpc) is 3.42. The molecule has 0 bridgehead atoms. The van der Waals surface area contributed by atoms with E-state index in [1.54, 1.807) is 10.9 Å². The molecule has 34 heavy (non-hydrogen) atoms. The van der Waals surface area contributed by atoms with Crippen molar-refractivity contribution in [1.29, 1.82) is 0 Å². The highest BCUT2D eigenvalue weighted by atomic mass is 16.6. The molecule has 3 rings (SSSR count). The van der Waals surface area contributed by atoms with Gasteiger partial charge in [-0.25, -0.2) is 19.7 Å². The number of nitrogens with zero attached hydrogens (tertiary/aromatic N) is 4. The van der Waals surface area contributed by atoms with Crippen LogP contribution in [0, 0.1) is 0 Å². The molecule has 0 saturated carbocycles. The largest absolute Gasteiger partial charge is 0.447 e. The molecule has 13 heteroatoms. The van der Waals surface area contributed by atoms with Gasteiger partial charge in [-0.3, -0.25) is 4.57 Å². The second-order valence-corrected chi connectivity index (χ2v) is 8.24. The van der Waals surface area contributed by atoms with Crippen LogP contribution < -0.4 is 27.4 Å². The number of amides is 1. The zero-order chi connectivity index (χ0) is 24.2. The van der Waals surface area contributed by atoms with E-state index in [9.17, 15) is 9.90 Å². The molecule has 0 radical (unpaired) electrons. The lowest BCUT2D eigenvalue weighted by atomic mass is 10.2. The lowest BCUT2D eigenvalue weighted by Gasteiger charge is -2.16. The van der Waals surface area contributed by atoms with Crippen molar-refractivity contribution < 1.29 is 19.4 Å². The first-order valence-electron chi connectivity index (χ1n) is 11.9. The van der Waals surface area contributed by atoms with Crippen LogP contribution >= 0.6 is 0 Å². The number of rotatable bonds is 15. The van der Waals surface area contributed by atoms with Gasteiger partial charge in [0.1, 0.15) is 30.8 Å². The molecule has 1 aliphatic heterocycles. The van der Waals surface area contributed by atoms with Gasteiger partial charge in [0.15, 0.2) is 11.5 Å². The number of nitrogens with two attached hydrogens (primary N) is 2. The zero-order valence-corrected chi connectivity index (χ0v) is 19.5. The van der Waals surface area contributed by atoms with Gasteiger partial charge < -0.3 is 42.0 Å². The van der Waals surface area contributed by atoms with Gasteiger partial charge in [0.05, 0.1) is 12.4 Å². The van der Waals surface area contributed by atoms with Crippen molar-refractivity contribution in [3.8, 4) is 0 Å². The first-order chi connectivity index (χ1) is 16.6. The molecule has 2 aromatic heterocycles. The SMILES string of the molecule is NCCCNCCCCNCCCNC(=O)OCC1OC(n2cnc3c(N)ncnc32)CC1O. The fourth-order valence-electron chi connectivity index (χ4n) is 3.71. The molecular formula is C21H37N9O4. The number of nitrogens with one attached hydrogen (secondary N) is 3. The lowest BCUT2D eigenvalue weighted by molar-refractivity contribution is -0.0464. The van der Waals surface area contributed by atoms with E-state index in [2.05, 4.69) is 30.9 Å². The fourth-order valence-corrected chi connectivity index (χ4v) is 3.71. The minimum Gasteiger partial charge on any atom is -0.447 e. The van der Waals surface area contributed by atoms with E-state index in [-0.39, 0.29) is 12.4 Å². The van der Waals surface area contributed by atoms with E-state index in [0.29, 0.717) is 24.1 Å². The Balaban J connectivity index is 1.24. The molecule has 0 aliphatic carbocycles. The van der Waals surface area contributed by atoms with Crippen molar-refractivity contribution in [1.82, 2.24) is 35.5 Å². The number of unbranched alkanes of at least 4 members (excludes halogenated alkanes) is 1. The zero-order valence-electron chi connectivity index (χ0n) is 19.5. The predicted molar refractivity (Wildman–Crippen MR) is 127 cm³/mol. The third kappa shape index (κ3) is 7.74. The number of carbonyl (C=O) groups is 1. The molecule has 8 N–H and O–H groups in total. The Labute approximate surface area is 199 Å². The number of fused-ring (bicyclic) bond motifs is 1. The van der Waals surface area contributed by atoms with Crippen molar-refractivity contribution in [3.05, 3.63) is 12.7 Å². The number of aliphatic hydroxyl groups is 1. The van der Waals surface area contributed by atoms with Gasteiger partial charge >= 0.3 is 6.09 Å². The topological polar surface area (TPSA) is 187 Å². The van der Waals surface area contributed by atoms with E-state index in [4.69, 9.17) is 20.9 Å². The maximum Gasteiger partial charge on any atom is 0.407 e. The number of alkyl carbamates (subject to hydrolysis) is 1. The number of aromatic nitrogens is 4. The fraction of sp³-hybridized carbons (Fsp3) is 0.714. The van der Waals surface area contributed by atoms with Crippen LogP contribution in [0.3, 0.4) is 0 Å². The van der Waals surface area contributed by atoms with Gasteiger partial charge in [-0.1, -0.05) is 0 Å².